The van der Waals surface area contributed by atoms with E-state index in [0.717, 1.165) is 5.56 Å². The van der Waals surface area contributed by atoms with E-state index < -0.39 is 15.1 Å². The van der Waals surface area contributed by atoms with Gasteiger partial charge >= 0.3 is 0 Å². The van der Waals surface area contributed by atoms with Crippen LogP contribution in [0.5, 0.6) is 0 Å². The van der Waals surface area contributed by atoms with Crippen molar-refractivity contribution in [1.29, 1.82) is 0 Å². The Kier molecular flexibility index (Phi) is 5.76. The monoisotopic (exact) mass is 338 g/mol. The first-order chi connectivity index (χ1) is 10.9. The molecule has 0 aromatic heterocycles. The molecule has 0 aliphatic carbocycles. The highest BCUT2D eigenvalue weighted by molar-refractivity contribution is 7.91. The molecule has 6 nitrogen and oxygen atoms in total. The van der Waals surface area contributed by atoms with Crippen molar-refractivity contribution >= 4 is 21.7 Å². The number of benzene rings is 1. The molecule has 0 bridgehead atoms. The van der Waals surface area contributed by atoms with E-state index in [0.29, 0.717) is 25.9 Å². The molecule has 1 heterocycles. The molecule has 0 atom stereocenters. The summed E-state index contributed by atoms with van der Waals surface area (Å²) in [5.41, 5.74) is 0.789. The Morgan fingerprint density at radius 2 is 1.78 bits per heavy atom. The molecule has 23 heavy (non-hydrogen) atoms. The highest BCUT2D eigenvalue weighted by atomic mass is 32.2. The summed E-state index contributed by atoms with van der Waals surface area (Å²) in [5, 5.41) is 2.06. The Labute approximate surface area is 136 Å². The summed E-state index contributed by atoms with van der Waals surface area (Å²) in [4.78, 5) is 24.4. The smallest absolute Gasteiger partial charge is 0.241 e. The van der Waals surface area contributed by atoms with Crippen molar-refractivity contribution in [2.45, 2.75) is 30.8 Å². The van der Waals surface area contributed by atoms with Gasteiger partial charge in [-0.15, -0.1) is 0 Å². The maximum Gasteiger partial charge on any atom is 0.241 e. The Morgan fingerprint density at radius 3 is 2.35 bits per heavy atom. The molecule has 2 rings (SSSR count). The average Bonchev–Trinajstić information content (AvgIpc) is 2.53. The van der Waals surface area contributed by atoms with Crippen LogP contribution in [0.2, 0.25) is 0 Å². The van der Waals surface area contributed by atoms with Gasteiger partial charge in [0.05, 0.1) is 17.5 Å². The minimum Gasteiger partial charge on any atom is -0.347 e. The number of amides is 2. The van der Waals surface area contributed by atoms with Crippen molar-refractivity contribution < 1.29 is 18.0 Å². The quantitative estimate of drug-likeness (QED) is 0.858. The van der Waals surface area contributed by atoms with Crippen molar-refractivity contribution in [3.05, 3.63) is 35.9 Å². The highest BCUT2D eigenvalue weighted by Crippen LogP contribution is 2.21. The van der Waals surface area contributed by atoms with E-state index in [1.807, 2.05) is 30.3 Å². The van der Waals surface area contributed by atoms with Crippen LogP contribution >= 0.6 is 0 Å². The molecule has 0 spiro atoms. The summed E-state index contributed by atoms with van der Waals surface area (Å²) in [6, 6.07) is 9.13. The van der Waals surface area contributed by atoms with Crippen LogP contribution < -0.4 is 5.32 Å². The zero-order chi connectivity index (χ0) is 16.9. The summed E-state index contributed by atoms with van der Waals surface area (Å²) in [6.45, 7) is 2.15. The second kappa shape index (κ2) is 7.59. The maximum absolute atomic E-state index is 12.5. The average molecular weight is 338 g/mol. The first kappa shape index (κ1) is 17.5. The van der Waals surface area contributed by atoms with Crippen molar-refractivity contribution in [1.82, 2.24) is 10.2 Å². The molecule has 1 aromatic carbocycles. The van der Waals surface area contributed by atoms with E-state index in [9.17, 15) is 18.0 Å². The second-order valence-corrected chi connectivity index (χ2v) is 8.06. The number of carbonyl (C=O) groups is 2. The molecule has 0 radical (unpaired) electrons. The van der Waals surface area contributed by atoms with Crippen LogP contribution in [0.1, 0.15) is 25.3 Å². The Hall–Kier alpha value is -1.89. The molecule has 0 unspecified atom stereocenters. The van der Waals surface area contributed by atoms with Gasteiger partial charge in [0.25, 0.3) is 0 Å². The lowest BCUT2D eigenvalue weighted by molar-refractivity contribution is -0.133. The number of nitrogens with one attached hydrogen (secondary N) is 1. The fraction of sp³-hybridized carbons (Fsp3) is 0.500. The van der Waals surface area contributed by atoms with Crippen LogP contribution in [0, 0.1) is 0 Å². The van der Waals surface area contributed by atoms with Gasteiger partial charge in [-0.2, -0.15) is 0 Å². The molecule has 1 aliphatic rings. The number of hydrogen-bond acceptors (Lipinski definition) is 4. The van der Waals surface area contributed by atoms with Crippen LogP contribution in [0.3, 0.4) is 0 Å². The largest absolute Gasteiger partial charge is 0.347 e. The summed E-state index contributed by atoms with van der Waals surface area (Å²) < 4.78 is 25.0. The maximum atomic E-state index is 12.5. The first-order valence-corrected chi connectivity index (χ1v) is 9.38. The van der Waals surface area contributed by atoms with Gasteiger partial charge in [-0.25, -0.2) is 8.42 Å². The topological polar surface area (TPSA) is 83.6 Å². The fourth-order valence-electron chi connectivity index (χ4n) is 2.70. The normalized spacial score (nSPS) is 16.1. The van der Waals surface area contributed by atoms with Gasteiger partial charge in [0.1, 0.15) is 0 Å². The number of hydrogen-bond donors (Lipinski definition) is 1. The third-order valence-corrected chi connectivity index (χ3v) is 6.22. The van der Waals surface area contributed by atoms with Crippen molar-refractivity contribution in [2.24, 2.45) is 0 Å². The van der Waals surface area contributed by atoms with Crippen LogP contribution in [0.4, 0.5) is 0 Å². The number of sulfone groups is 1. The standard InChI is InChI=1S/C16H22N2O4S/c1-13(19)17-11-16(20)18-9-7-15(8-10-18)23(21,22)12-14-5-3-2-4-6-14/h2-6,15H,7-12H2,1H3,(H,17,19). The minimum absolute atomic E-state index is 0.0310. The molecule has 0 saturated carbocycles. The lowest BCUT2D eigenvalue weighted by Crippen LogP contribution is -2.46. The van der Waals surface area contributed by atoms with Gasteiger partial charge in [0.2, 0.25) is 11.8 Å². The molecule has 7 heteroatoms. The fourth-order valence-corrected chi connectivity index (χ4v) is 4.52. The lowest BCUT2D eigenvalue weighted by atomic mass is 10.1. The van der Waals surface area contributed by atoms with Gasteiger partial charge in [-0.3, -0.25) is 9.59 Å². The molecular formula is C16H22N2O4S. The van der Waals surface area contributed by atoms with Crippen molar-refractivity contribution in [3.63, 3.8) is 0 Å². The predicted molar refractivity (Wildman–Crippen MR) is 87.4 cm³/mol. The van der Waals surface area contributed by atoms with E-state index >= 15 is 0 Å². The first-order valence-electron chi connectivity index (χ1n) is 7.66. The minimum atomic E-state index is -3.22. The van der Waals surface area contributed by atoms with Crippen LogP contribution in [0.15, 0.2) is 30.3 Å². The SMILES string of the molecule is CC(=O)NCC(=O)N1CCC(S(=O)(=O)Cc2ccccc2)CC1. The van der Waals surface area contributed by atoms with Gasteiger partial charge in [0.15, 0.2) is 9.84 Å². The second-order valence-electron chi connectivity index (χ2n) is 5.78. The summed E-state index contributed by atoms with van der Waals surface area (Å²) in [7, 11) is -3.22. The van der Waals surface area contributed by atoms with E-state index in [2.05, 4.69) is 5.32 Å². The van der Waals surface area contributed by atoms with Crippen LogP contribution in [0.25, 0.3) is 0 Å². The molecule has 1 fully saturated rings. The van der Waals surface area contributed by atoms with Gasteiger partial charge in [0, 0.05) is 20.0 Å². The number of rotatable bonds is 5. The molecule has 1 N–H and O–H groups in total. The summed E-state index contributed by atoms with van der Waals surface area (Å²) in [6.07, 6.45) is 0.891. The highest BCUT2D eigenvalue weighted by Gasteiger charge is 2.31. The van der Waals surface area contributed by atoms with Gasteiger partial charge in [-0.1, -0.05) is 30.3 Å². The third kappa shape index (κ3) is 5.06. The predicted octanol–water partition coefficient (Wildman–Crippen LogP) is 0.729. The zero-order valence-corrected chi connectivity index (χ0v) is 14.0. The Balaban J connectivity index is 1.88. The van der Waals surface area contributed by atoms with E-state index in [-0.39, 0.29) is 24.1 Å². The van der Waals surface area contributed by atoms with E-state index in [1.54, 1.807) is 4.90 Å². The molecule has 1 saturated heterocycles. The van der Waals surface area contributed by atoms with Gasteiger partial charge in [-0.05, 0) is 18.4 Å². The molecule has 126 valence electrons. The number of carbonyl (C=O) groups excluding carboxylic acids is 2. The molecule has 1 aromatic rings. The van der Waals surface area contributed by atoms with Crippen molar-refractivity contribution in [3.8, 4) is 0 Å². The summed E-state index contributed by atoms with van der Waals surface area (Å²) >= 11 is 0. The Morgan fingerprint density at radius 1 is 1.17 bits per heavy atom. The van der Waals surface area contributed by atoms with Gasteiger partial charge < -0.3 is 10.2 Å². The van der Waals surface area contributed by atoms with Crippen LogP contribution in [-0.2, 0) is 25.2 Å². The van der Waals surface area contributed by atoms with E-state index in [1.165, 1.54) is 6.92 Å². The Bertz CT molecular complexity index is 650. The number of likely N-dealkylation sites (tertiary alicyclic amines) is 1. The van der Waals surface area contributed by atoms with Crippen LogP contribution in [-0.4, -0.2) is 50.0 Å². The lowest BCUT2D eigenvalue weighted by Gasteiger charge is -2.31. The number of nitrogens with zero attached hydrogens (tertiary/aromatic N) is 1. The summed E-state index contributed by atoms with van der Waals surface area (Å²) in [5.74, 6) is -0.379. The molecule has 2 amide bonds. The molecular weight excluding hydrogens is 316 g/mol. The number of piperidine rings is 1. The van der Waals surface area contributed by atoms with E-state index in [4.69, 9.17) is 0 Å². The molecule has 1 aliphatic heterocycles. The third-order valence-electron chi connectivity index (χ3n) is 4.00. The zero-order valence-electron chi connectivity index (χ0n) is 13.2. The van der Waals surface area contributed by atoms with Crippen molar-refractivity contribution in [2.75, 3.05) is 19.6 Å².